The summed E-state index contributed by atoms with van der Waals surface area (Å²) in [6, 6.07) is 8.95. The predicted molar refractivity (Wildman–Crippen MR) is 102 cm³/mol. The molecule has 0 amide bonds. The number of aromatic carboxylic acids is 1. The van der Waals surface area contributed by atoms with Crippen molar-refractivity contribution in [1.29, 1.82) is 0 Å². The van der Waals surface area contributed by atoms with Gasteiger partial charge in [0.2, 0.25) is 0 Å². The van der Waals surface area contributed by atoms with Gasteiger partial charge in [0.05, 0.1) is 0 Å². The second-order valence-electron chi connectivity index (χ2n) is 6.88. The Morgan fingerprint density at radius 1 is 0.964 bits per heavy atom. The summed E-state index contributed by atoms with van der Waals surface area (Å²) in [6.45, 7) is 2.41. The maximum absolute atomic E-state index is 12.7. The number of hydrogen-bond acceptors (Lipinski definition) is 6. The summed E-state index contributed by atoms with van der Waals surface area (Å²) < 4.78 is 33.7. The molecule has 1 aromatic heterocycles. The molecule has 10 heteroatoms. The first kappa shape index (κ1) is 18.9. The standard InChI is InChI=1S/C18H22N4O5S/c23-18(24)15-16(14-6-2-1-3-7-14)27-19-17(15)20-10-12-22(13-11-20)28(25,26)21-8-4-5-9-21/h1-3,6-7H,4-5,8-13H2,(H,23,24). The monoisotopic (exact) mass is 406 g/mol. The van der Waals surface area contributed by atoms with E-state index in [1.807, 2.05) is 6.07 Å². The van der Waals surface area contributed by atoms with Crippen LogP contribution in [0.5, 0.6) is 0 Å². The molecular weight excluding hydrogens is 384 g/mol. The van der Waals surface area contributed by atoms with Crippen LogP contribution in [-0.2, 0) is 10.2 Å². The van der Waals surface area contributed by atoms with Crippen LogP contribution in [0.2, 0.25) is 0 Å². The molecule has 2 fully saturated rings. The molecule has 2 saturated heterocycles. The van der Waals surface area contributed by atoms with Gasteiger partial charge in [0.1, 0.15) is 0 Å². The fourth-order valence-corrected chi connectivity index (χ4v) is 5.36. The number of nitrogens with zero attached hydrogens (tertiary/aromatic N) is 4. The largest absolute Gasteiger partial charge is 0.477 e. The molecule has 0 atom stereocenters. The van der Waals surface area contributed by atoms with E-state index >= 15 is 0 Å². The minimum absolute atomic E-state index is 0.00190. The zero-order valence-electron chi connectivity index (χ0n) is 15.3. The smallest absolute Gasteiger partial charge is 0.343 e. The molecular formula is C18H22N4O5S. The van der Waals surface area contributed by atoms with Crippen LogP contribution in [0.1, 0.15) is 23.2 Å². The van der Waals surface area contributed by atoms with Crippen molar-refractivity contribution in [2.75, 3.05) is 44.2 Å². The van der Waals surface area contributed by atoms with Crippen LogP contribution in [0.4, 0.5) is 5.82 Å². The van der Waals surface area contributed by atoms with E-state index < -0.39 is 16.2 Å². The second-order valence-corrected chi connectivity index (χ2v) is 8.81. The molecule has 0 radical (unpaired) electrons. The zero-order valence-corrected chi connectivity index (χ0v) is 16.1. The van der Waals surface area contributed by atoms with Gasteiger partial charge in [0, 0.05) is 44.8 Å². The molecule has 28 heavy (non-hydrogen) atoms. The highest BCUT2D eigenvalue weighted by molar-refractivity contribution is 7.86. The van der Waals surface area contributed by atoms with Crippen LogP contribution < -0.4 is 4.90 Å². The fourth-order valence-electron chi connectivity index (χ4n) is 3.69. The van der Waals surface area contributed by atoms with Crippen molar-refractivity contribution in [3.8, 4) is 11.3 Å². The average molecular weight is 406 g/mol. The minimum Gasteiger partial charge on any atom is -0.477 e. The Morgan fingerprint density at radius 2 is 1.57 bits per heavy atom. The minimum atomic E-state index is -3.45. The highest BCUT2D eigenvalue weighted by Gasteiger charge is 2.36. The van der Waals surface area contributed by atoms with Gasteiger partial charge in [-0.2, -0.15) is 17.0 Å². The summed E-state index contributed by atoms with van der Waals surface area (Å²) >= 11 is 0. The zero-order chi connectivity index (χ0) is 19.7. The molecule has 1 aromatic carbocycles. The summed E-state index contributed by atoms with van der Waals surface area (Å²) in [5.41, 5.74) is 0.635. The molecule has 0 unspecified atom stereocenters. The molecule has 2 aromatic rings. The van der Waals surface area contributed by atoms with Gasteiger partial charge < -0.3 is 14.5 Å². The summed E-state index contributed by atoms with van der Waals surface area (Å²) in [7, 11) is -3.45. The Hall–Kier alpha value is -2.43. The summed E-state index contributed by atoms with van der Waals surface area (Å²) in [5, 5.41) is 13.7. The van der Waals surface area contributed by atoms with Crippen LogP contribution >= 0.6 is 0 Å². The van der Waals surface area contributed by atoms with Gasteiger partial charge in [-0.15, -0.1) is 0 Å². The Bertz CT molecular complexity index is 946. The molecule has 2 aliphatic heterocycles. The lowest BCUT2D eigenvalue weighted by atomic mass is 10.1. The number of rotatable bonds is 5. The Kier molecular flexibility index (Phi) is 5.09. The molecule has 4 rings (SSSR count). The lowest BCUT2D eigenvalue weighted by Gasteiger charge is -2.35. The second kappa shape index (κ2) is 7.53. The summed E-state index contributed by atoms with van der Waals surface area (Å²) in [6.07, 6.45) is 1.78. The molecule has 0 bridgehead atoms. The number of carbonyl (C=O) groups is 1. The first-order valence-corrected chi connectivity index (χ1v) is 10.7. The van der Waals surface area contributed by atoms with Gasteiger partial charge in [0.15, 0.2) is 17.1 Å². The first-order chi connectivity index (χ1) is 13.5. The quantitative estimate of drug-likeness (QED) is 0.802. The van der Waals surface area contributed by atoms with E-state index in [1.165, 1.54) is 8.61 Å². The van der Waals surface area contributed by atoms with Crippen LogP contribution in [0, 0.1) is 0 Å². The molecule has 0 aliphatic carbocycles. The summed E-state index contributed by atoms with van der Waals surface area (Å²) in [4.78, 5) is 13.7. The van der Waals surface area contributed by atoms with Crippen molar-refractivity contribution in [2.24, 2.45) is 0 Å². The van der Waals surface area contributed by atoms with E-state index in [4.69, 9.17) is 4.52 Å². The van der Waals surface area contributed by atoms with Gasteiger partial charge in [-0.1, -0.05) is 35.5 Å². The van der Waals surface area contributed by atoms with E-state index in [9.17, 15) is 18.3 Å². The average Bonchev–Trinajstić information content (AvgIpc) is 3.39. The highest BCUT2D eigenvalue weighted by atomic mass is 32.2. The maximum atomic E-state index is 12.7. The highest BCUT2D eigenvalue weighted by Crippen LogP contribution is 2.32. The maximum Gasteiger partial charge on any atom is 0.343 e. The Morgan fingerprint density at radius 3 is 2.18 bits per heavy atom. The van der Waals surface area contributed by atoms with Gasteiger partial charge in [0.25, 0.3) is 10.2 Å². The number of piperazine rings is 1. The van der Waals surface area contributed by atoms with Crippen LogP contribution in [0.15, 0.2) is 34.9 Å². The number of hydrogen-bond donors (Lipinski definition) is 1. The van der Waals surface area contributed by atoms with E-state index in [2.05, 4.69) is 5.16 Å². The van der Waals surface area contributed by atoms with Gasteiger partial charge in [-0.3, -0.25) is 0 Å². The lowest BCUT2D eigenvalue weighted by Crippen LogP contribution is -2.52. The van der Waals surface area contributed by atoms with Crippen LogP contribution in [-0.4, -0.2) is 72.5 Å². The predicted octanol–water partition coefficient (Wildman–Crippen LogP) is 1.50. The Labute approximate surface area is 163 Å². The van der Waals surface area contributed by atoms with E-state index in [0.29, 0.717) is 31.7 Å². The molecule has 0 saturated carbocycles. The third kappa shape index (κ3) is 3.38. The molecule has 9 nitrogen and oxygen atoms in total. The number of aromatic nitrogens is 1. The third-order valence-electron chi connectivity index (χ3n) is 5.18. The van der Waals surface area contributed by atoms with Crippen molar-refractivity contribution in [1.82, 2.24) is 13.8 Å². The van der Waals surface area contributed by atoms with Crippen molar-refractivity contribution in [2.45, 2.75) is 12.8 Å². The van der Waals surface area contributed by atoms with E-state index in [0.717, 1.165) is 12.8 Å². The van der Waals surface area contributed by atoms with Gasteiger partial charge in [-0.25, -0.2) is 4.79 Å². The first-order valence-electron chi connectivity index (χ1n) is 9.27. The number of carboxylic acid groups (broad SMARTS) is 1. The molecule has 150 valence electrons. The number of carboxylic acids is 1. The van der Waals surface area contributed by atoms with Crippen LogP contribution in [0.3, 0.4) is 0 Å². The topological polar surface area (TPSA) is 107 Å². The number of anilines is 1. The van der Waals surface area contributed by atoms with Crippen molar-refractivity contribution >= 4 is 22.0 Å². The van der Waals surface area contributed by atoms with Crippen molar-refractivity contribution in [3.63, 3.8) is 0 Å². The van der Waals surface area contributed by atoms with Gasteiger partial charge in [-0.05, 0) is 12.8 Å². The SMILES string of the molecule is O=C(O)c1c(N2CCN(S(=O)(=O)N3CCCC3)CC2)noc1-c1ccccc1. The number of benzene rings is 1. The van der Waals surface area contributed by atoms with Gasteiger partial charge >= 0.3 is 5.97 Å². The van der Waals surface area contributed by atoms with Crippen molar-refractivity contribution in [3.05, 3.63) is 35.9 Å². The van der Waals surface area contributed by atoms with E-state index in [1.54, 1.807) is 29.2 Å². The molecule has 1 N–H and O–H groups in total. The summed E-state index contributed by atoms with van der Waals surface area (Å²) in [5.74, 6) is -0.679. The Balaban J connectivity index is 1.54. The molecule has 0 spiro atoms. The third-order valence-corrected chi connectivity index (χ3v) is 7.22. The molecule has 3 heterocycles. The van der Waals surface area contributed by atoms with Crippen molar-refractivity contribution < 1.29 is 22.8 Å². The fraction of sp³-hybridized carbons (Fsp3) is 0.444. The van der Waals surface area contributed by atoms with E-state index in [-0.39, 0.29) is 30.2 Å². The van der Waals surface area contributed by atoms with Crippen LogP contribution in [0.25, 0.3) is 11.3 Å². The lowest BCUT2D eigenvalue weighted by molar-refractivity contribution is 0.0697. The molecule has 2 aliphatic rings. The normalized spacial score (nSPS) is 19.2.